The molecule has 4 rings (SSSR count). The summed E-state index contributed by atoms with van der Waals surface area (Å²) in [6.07, 6.45) is 0. The van der Waals surface area contributed by atoms with E-state index in [4.69, 9.17) is 0 Å². The van der Waals surface area contributed by atoms with Gasteiger partial charge in [-0.1, -0.05) is 63.2 Å². The van der Waals surface area contributed by atoms with Crippen LogP contribution < -0.4 is 10.2 Å². The molecule has 1 N–H and O–H groups in total. The van der Waals surface area contributed by atoms with E-state index in [2.05, 4.69) is 31.1 Å². The number of hydrogen-bond acceptors (Lipinski definition) is 5. The normalized spacial score (nSPS) is 18.2. The molecule has 34 heavy (non-hydrogen) atoms. The third-order valence-electron chi connectivity index (χ3n) is 5.98. The molecule has 4 amide bonds. The lowest BCUT2D eigenvalue weighted by atomic mass is 9.84. The van der Waals surface area contributed by atoms with Gasteiger partial charge in [0.25, 0.3) is 5.91 Å². The van der Waals surface area contributed by atoms with Gasteiger partial charge in [0, 0.05) is 12.3 Å². The van der Waals surface area contributed by atoms with Crippen molar-refractivity contribution < 1.29 is 14.4 Å². The van der Waals surface area contributed by atoms with Crippen LogP contribution in [0.1, 0.15) is 51.4 Å². The van der Waals surface area contributed by atoms with E-state index in [0.29, 0.717) is 16.5 Å². The maximum Gasteiger partial charge on any atom is 0.325 e. The highest BCUT2D eigenvalue weighted by Crippen LogP contribution is 2.33. The van der Waals surface area contributed by atoms with Crippen LogP contribution in [-0.4, -0.2) is 27.7 Å². The second-order valence-corrected chi connectivity index (χ2v) is 10.4. The first kappa shape index (κ1) is 23.6. The number of imide groups is 1. The van der Waals surface area contributed by atoms with Gasteiger partial charge in [-0.2, -0.15) is 0 Å². The average molecular weight is 477 g/mol. The van der Waals surface area contributed by atoms with Crippen molar-refractivity contribution in [3.63, 3.8) is 0 Å². The second-order valence-electron chi connectivity index (χ2n) is 9.59. The smallest absolute Gasteiger partial charge is 0.319 e. The van der Waals surface area contributed by atoms with E-state index in [1.807, 2.05) is 54.6 Å². The monoisotopic (exact) mass is 476 g/mol. The van der Waals surface area contributed by atoms with Crippen LogP contribution in [0.5, 0.6) is 0 Å². The molecule has 2 heterocycles. The van der Waals surface area contributed by atoms with Crippen LogP contribution in [0.4, 0.5) is 15.6 Å². The molecule has 0 bridgehead atoms. The highest BCUT2D eigenvalue weighted by molar-refractivity contribution is 7.14. The molecule has 0 spiro atoms. The molecule has 0 radical (unpaired) electrons. The lowest BCUT2D eigenvalue weighted by Gasteiger charge is -2.24. The quantitative estimate of drug-likeness (QED) is 0.520. The molecule has 1 unspecified atom stereocenters. The van der Waals surface area contributed by atoms with Crippen molar-refractivity contribution >= 4 is 40.0 Å². The van der Waals surface area contributed by atoms with Gasteiger partial charge in [0.15, 0.2) is 5.13 Å². The number of amides is 4. The number of hydrogen-bond donors (Lipinski definition) is 1. The van der Waals surface area contributed by atoms with Gasteiger partial charge in [-0.25, -0.2) is 9.78 Å². The summed E-state index contributed by atoms with van der Waals surface area (Å²) in [7, 11) is 0. The zero-order chi connectivity index (χ0) is 24.7. The van der Waals surface area contributed by atoms with Gasteiger partial charge in [0.1, 0.15) is 5.54 Å². The fourth-order valence-electron chi connectivity index (χ4n) is 3.98. The molecule has 1 atom stereocenters. The Bertz CT molecular complexity index is 1230. The molecule has 0 aliphatic carbocycles. The molecule has 1 saturated heterocycles. The van der Waals surface area contributed by atoms with E-state index in [1.165, 1.54) is 28.1 Å². The summed E-state index contributed by atoms with van der Waals surface area (Å²) in [5.74, 6) is -0.504. The molecule has 3 aromatic rings. The minimum atomic E-state index is -1.15. The highest BCUT2D eigenvalue weighted by Gasteiger charge is 2.49. The minimum absolute atomic E-state index is 0.00969. The Kier molecular flexibility index (Phi) is 6.03. The number of carbonyl (C=O) groups excluding carboxylic acids is 3. The second kappa shape index (κ2) is 8.68. The van der Waals surface area contributed by atoms with Crippen molar-refractivity contribution in [2.24, 2.45) is 0 Å². The molecule has 1 aromatic heterocycles. The first-order valence-electron chi connectivity index (χ1n) is 11.1. The molecule has 176 valence electrons. The number of rotatable bonds is 5. The van der Waals surface area contributed by atoms with Crippen LogP contribution in [0.15, 0.2) is 60.0 Å². The van der Waals surface area contributed by atoms with E-state index in [-0.39, 0.29) is 23.8 Å². The number of para-hydroxylation sites is 1. The number of benzene rings is 2. The van der Waals surface area contributed by atoms with E-state index >= 15 is 0 Å². The van der Waals surface area contributed by atoms with Crippen LogP contribution in [0.3, 0.4) is 0 Å². The third-order valence-corrected chi connectivity index (χ3v) is 6.86. The Labute approximate surface area is 203 Å². The number of nitrogens with one attached hydrogen (secondary N) is 1. The molecule has 1 aliphatic heterocycles. The standard InChI is InChI=1S/C26H28N4O3S/c1-17(31)30(21-9-7-6-8-10-21)24-27-20(16-34-24)15-29-22(32)26(5,28-23(29)33)19-13-11-18(12-14-19)25(2,3)4/h6-14,16H,15H2,1-5H3,(H,28,33). The van der Waals surface area contributed by atoms with Gasteiger partial charge in [-0.15, -0.1) is 11.3 Å². The van der Waals surface area contributed by atoms with Gasteiger partial charge in [0.2, 0.25) is 5.91 Å². The van der Waals surface area contributed by atoms with Crippen LogP contribution in [0.25, 0.3) is 0 Å². The Morgan fingerprint density at radius 2 is 1.74 bits per heavy atom. The van der Waals surface area contributed by atoms with Crippen molar-refractivity contribution in [2.75, 3.05) is 4.90 Å². The minimum Gasteiger partial charge on any atom is -0.319 e. The summed E-state index contributed by atoms with van der Waals surface area (Å²) >= 11 is 1.29. The molecule has 2 aromatic carbocycles. The van der Waals surface area contributed by atoms with Gasteiger partial charge in [0.05, 0.1) is 17.9 Å². The van der Waals surface area contributed by atoms with E-state index in [9.17, 15) is 14.4 Å². The summed E-state index contributed by atoms with van der Waals surface area (Å²) in [6, 6.07) is 16.6. The number of aromatic nitrogens is 1. The topological polar surface area (TPSA) is 82.6 Å². The van der Waals surface area contributed by atoms with Gasteiger partial charge < -0.3 is 5.32 Å². The van der Waals surface area contributed by atoms with Crippen LogP contribution >= 0.6 is 11.3 Å². The fourth-order valence-corrected chi connectivity index (χ4v) is 4.86. The number of anilines is 2. The van der Waals surface area contributed by atoms with E-state index in [1.54, 1.807) is 12.3 Å². The first-order valence-corrected chi connectivity index (χ1v) is 11.9. The average Bonchev–Trinajstić information content (AvgIpc) is 3.32. The summed E-state index contributed by atoms with van der Waals surface area (Å²) in [4.78, 5) is 45.7. The van der Waals surface area contributed by atoms with Crippen molar-refractivity contribution in [1.29, 1.82) is 0 Å². The lowest BCUT2D eigenvalue weighted by molar-refractivity contribution is -0.131. The number of carbonyl (C=O) groups is 3. The predicted octanol–water partition coefficient (Wildman–Crippen LogP) is 5.09. The number of urea groups is 1. The number of thiazole rings is 1. The zero-order valence-corrected chi connectivity index (χ0v) is 20.8. The van der Waals surface area contributed by atoms with Crippen molar-refractivity contribution in [3.05, 3.63) is 76.8 Å². The van der Waals surface area contributed by atoms with Crippen molar-refractivity contribution in [2.45, 2.75) is 52.1 Å². The summed E-state index contributed by atoms with van der Waals surface area (Å²) in [5, 5.41) is 5.10. The van der Waals surface area contributed by atoms with Gasteiger partial charge in [-0.05, 0) is 35.6 Å². The first-order chi connectivity index (χ1) is 16.0. The maximum absolute atomic E-state index is 13.3. The van der Waals surface area contributed by atoms with Crippen molar-refractivity contribution in [3.8, 4) is 0 Å². The van der Waals surface area contributed by atoms with Gasteiger partial charge in [-0.3, -0.25) is 19.4 Å². The summed E-state index contributed by atoms with van der Waals surface area (Å²) in [6.45, 7) is 9.60. The molecule has 7 nitrogen and oxygen atoms in total. The maximum atomic E-state index is 13.3. The Balaban J connectivity index is 1.55. The van der Waals surface area contributed by atoms with Gasteiger partial charge >= 0.3 is 6.03 Å². The highest BCUT2D eigenvalue weighted by atomic mass is 32.1. The largest absolute Gasteiger partial charge is 0.325 e. The van der Waals surface area contributed by atoms with E-state index < -0.39 is 11.6 Å². The molecule has 8 heteroatoms. The predicted molar refractivity (Wildman–Crippen MR) is 133 cm³/mol. The van der Waals surface area contributed by atoms with Crippen LogP contribution in [0.2, 0.25) is 0 Å². The van der Waals surface area contributed by atoms with Crippen LogP contribution in [0, 0.1) is 0 Å². The third kappa shape index (κ3) is 4.33. The SMILES string of the molecule is CC(=O)N(c1ccccc1)c1nc(CN2C(=O)NC(C)(c3ccc(C(C)(C)C)cc3)C2=O)cs1. The Hall–Kier alpha value is -3.52. The van der Waals surface area contributed by atoms with E-state index in [0.717, 1.165) is 11.1 Å². The number of nitrogens with zero attached hydrogens (tertiary/aromatic N) is 3. The Morgan fingerprint density at radius 1 is 1.09 bits per heavy atom. The molecule has 1 aliphatic rings. The van der Waals surface area contributed by atoms with Crippen molar-refractivity contribution in [1.82, 2.24) is 15.2 Å². The molecule has 0 saturated carbocycles. The molecular weight excluding hydrogens is 448 g/mol. The zero-order valence-electron chi connectivity index (χ0n) is 20.0. The fraction of sp³-hybridized carbons (Fsp3) is 0.308. The summed E-state index contributed by atoms with van der Waals surface area (Å²) < 4.78 is 0. The summed E-state index contributed by atoms with van der Waals surface area (Å²) in [5.41, 5.74) is 1.96. The molecular formula is C26H28N4O3S. The molecule has 1 fully saturated rings. The Morgan fingerprint density at radius 3 is 2.32 bits per heavy atom. The van der Waals surface area contributed by atoms with Crippen LogP contribution in [-0.2, 0) is 27.1 Å². The lowest BCUT2D eigenvalue weighted by Crippen LogP contribution is -2.40.